The van der Waals surface area contributed by atoms with Crippen molar-refractivity contribution in [2.45, 2.75) is 40.0 Å². The molecular formula is C15H20BrN3O2. The summed E-state index contributed by atoms with van der Waals surface area (Å²) >= 11 is 3.40. The van der Waals surface area contributed by atoms with Crippen LogP contribution in [-0.2, 0) is 13.2 Å². The van der Waals surface area contributed by atoms with E-state index in [9.17, 15) is 5.11 Å². The average Bonchev–Trinajstić information content (AvgIpc) is 2.83. The Morgan fingerprint density at radius 1 is 1.33 bits per heavy atom. The number of ether oxygens (including phenoxy) is 1. The van der Waals surface area contributed by atoms with Gasteiger partial charge in [-0.05, 0) is 31.0 Å². The van der Waals surface area contributed by atoms with E-state index in [-0.39, 0.29) is 0 Å². The molecule has 0 saturated carbocycles. The zero-order valence-electron chi connectivity index (χ0n) is 12.5. The third-order valence-electron chi connectivity index (χ3n) is 3.01. The maximum absolute atomic E-state index is 9.83. The van der Waals surface area contributed by atoms with Gasteiger partial charge in [-0.3, -0.25) is 0 Å². The van der Waals surface area contributed by atoms with E-state index in [1.807, 2.05) is 22.9 Å². The Hall–Kier alpha value is -1.40. The highest BCUT2D eigenvalue weighted by Crippen LogP contribution is 2.29. The number of rotatable bonds is 6. The van der Waals surface area contributed by atoms with Crippen LogP contribution in [0.4, 0.5) is 0 Å². The van der Waals surface area contributed by atoms with Crippen LogP contribution in [0.3, 0.4) is 0 Å². The summed E-state index contributed by atoms with van der Waals surface area (Å²) in [5.74, 6) is 1.93. The summed E-state index contributed by atoms with van der Waals surface area (Å²) in [5, 5.41) is 14.0. The first-order chi connectivity index (χ1) is 9.97. The lowest BCUT2D eigenvalue weighted by Crippen LogP contribution is -2.12. The van der Waals surface area contributed by atoms with E-state index in [1.54, 1.807) is 6.92 Å². The molecule has 0 spiro atoms. The highest BCUT2D eigenvalue weighted by atomic mass is 79.9. The van der Waals surface area contributed by atoms with Crippen molar-refractivity contribution in [2.24, 2.45) is 5.92 Å². The molecule has 21 heavy (non-hydrogen) atoms. The van der Waals surface area contributed by atoms with E-state index in [4.69, 9.17) is 4.74 Å². The van der Waals surface area contributed by atoms with Crippen LogP contribution in [0.25, 0.3) is 0 Å². The van der Waals surface area contributed by atoms with Crippen molar-refractivity contribution < 1.29 is 9.84 Å². The molecular weight excluding hydrogens is 334 g/mol. The molecule has 0 bridgehead atoms. The fourth-order valence-corrected chi connectivity index (χ4v) is 2.40. The number of aliphatic hydroxyl groups excluding tert-OH is 1. The highest BCUT2D eigenvalue weighted by Gasteiger charge is 2.12. The van der Waals surface area contributed by atoms with Crippen molar-refractivity contribution in [1.29, 1.82) is 0 Å². The first kappa shape index (κ1) is 16.0. The molecule has 0 aliphatic heterocycles. The summed E-state index contributed by atoms with van der Waals surface area (Å²) in [6.45, 7) is 7.12. The lowest BCUT2D eigenvalue weighted by Gasteiger charge is -2.14. The molecule has 0 saturated heterocycles. The summed E-state index contributed by atoms with van der Waals surface area (Å²) in [7, 11) is 0. The summed E-state index contributed by atoms with van der Waals surface area (Å²) in [5.41, 5.74) is 0.749. The van der Waals surface area contributed by atoms with E-state index in [2.05, 4.69) is 39.9 Å². The number of aromatic nitrogens is 3. The molecule has 1 aromatic heterocycles. The summed E-state index contributed by atoms with van der Waals surface area (Å²) in [6, 6.07) is 5.59. The third kappa shape index (κ3) is 4.28. The molecule has 1 N–H and O–H groups in total. The van der Waals surface area contributed by atoms with Crippen molar-refractivity contribution in [3.05, 3.63) is 40.4 Å². The molecule has 0 amide bonds. The molecule has 0 fully saturated rings. The minimum Gasteiger partial charge on any atom is -0.485 e. The second-order valence-corrected chi connectivity index (χ2v) is 6.31. The largest absolute Gasteiger partial charge is 0.485 e. The normalized spacial score (nSPS) is 12.7. The monoisotopic (exact) mass is 353 g/mol. The van der Waals surface area contributed by atoms with Crippen molar-refractivity contribution in [3.8, 4) is 5.75 Å². The van der Waals surface area contributed by atoms with Gasteiger partial charge in [0.05, 0.1) is 6.10 Å². The molecule has 2 rings (SSSR count). The third-order valence-corrected chi connectivity index (χ3v) is 3.51. The van der Waals surface area contributed by atoms with Gasteiger partial charge in [0.25, 0.3) is 0 Å². The predicted octanol–water partition coefficient (Wildman–Crippen LogP) is 3.33. The van der Waals surface area contributed by atoms with E-state index in [0.29, 0.717) is 18.3 Å². The van der Waals surface area contributed by atoms with Crippen LogP contribution in [0.5, 0.6) is 5.75 Å². The van der Waals surface area contributed by atoms with E-state index in [1.165, 1.54) is 6.33 Å². The lowest BCUT2D eigenvalue weighted by atomic mass is 10.1. The molecule has 0 unspecified atom stereocenters. The van der Waals surface area contributed by atoms with Crippen molar-refractivity contribution in [1.82, 2.24) is 14.8 Å². The SMILES string of the molecule is CC(C)Cn1ncnc1COc1ccc(Br)cc1[C@@H](C)O. The number of halogens is 1. The smallest absolute Gasteiger partial charge is 0.164 e. The van der Waals surface area contributed by atoms with Gasteiger partial charge in [0, 0.05) is 16.6 Å². The van der Waals surface area contributed by atoms with Gasteiger partial charge in [0.15, 0.2) is 5.82 Å². The van der Waals surface area contributed by atoms with Crippen molar-refractivity contribution >= 4 is 15.9 Å². The van der Waals surface area contributed by atoms with E-state index in [0.717, 1.165) is 22.4 Å². The van der Waals surface area contributed by atoms with Crippen LogP contribution < -0.4 is 4.74 Å². The number of benzene rings is 1. The van der Waals surface area contributed by atoms with Crippen molar-refractivity contribution in [3.63, 3.8) is 0 Å². The van der Waals surface area contributed by atoms with Crippen LogP contribution >= 0.6 is 15.9 Å². The Balaban J connectivity index is 2.12. The van der Waals surface area contributed by atoms with Gasteiger partial charge in [-0.1, -0.05) is 29.8 Å². The lowest BCUT2D eigenvalue weighted by molar-refractivity contribution is 0.188. The fraction of sp³-hybridized carbons (Fsp3) is 0.467. The Labute approximate surface area is 133 Å². The van der Waals surface area contributed by atoms with Gasteiger partial charge < -0.3 is 9.84 Å². The standard InChI is InChI=1S/C15H20BrN3O2/c1-10(2)7-19-15(17-9-18-19)8-21-14-5-4-12(16)6-13(14)11(3)20/h4-6,9-11,20H,7-8H2,1-3H3/t11-/m1/s1. The molecule has 2 aromatic rings. The van der Waals surface area contributed by atoms with Gasteiger partial charge in [-0.2, -0.15) is 5.10 Å². The Bertz CT molecular complexity index is 596. The molecule has 0 radical (unpaired) electrons. The Kier molecular flexibility index (Phi) is 5.36. The van der Waals surface area contributed by atoms with Gasteiger partial charge in [0.2, 0.25) is 0 Å². The first-order valence-corrected chi connectivity index (χ1v) is 7.73. The minimum absolute atomic E-state index is 0.327. The molecule has 1 atom stereocenters. The topological polar surface area (TPSA) is 60.2 Å². The fourth-order valence-electron chi connectivity index (χ4n) is 2.02. The quantitative estimate of drug-likeness (QED) is 0.865. The summed E-state index contributed by atoms with van der Waals surface area (Å²) < 4.78 is 8.58. The molecule has 1 aromatic carbocycles. The molecule has 5 nitrogen and oxygen atoms in total. The average molecular weight is 354 g/mol. The maximum atomic E-state index is 9.83. The van der Waals surface area contributed by atoms with Gasteiger partial charge in [0.1, 0.15) is 18.7 Å². The van der Waals surface area contributed by atoms with Crippen LogP contribution in [0, 0.1) is 5.92 Å². The number of hydrogen-bond acceptors (Lipinski definition) is 4. The number of aliphatic hydroxyl groups is 1. The van der Waals surface area contributed by atoms with Gasteiger partial charge in [-0.25, -0.2) is 9.67 Å². The second-order valence-electron chi connectivity index (χ2n) is 5.40. The maximum Gasteiger partial charge on any atom is 0.164 e. The zero-order chi connectivity index (χ0) is 15.4. The van der Waals surface area contributed by atoms with Gasteiger partial charge in [-0.15, -0.1) is 0 Å². The highest BCUT2D eigenvalue weighted by molar-refractivity contribution is 9.10. The minimum atomic E-state index is -0.592. The first-order valence-electron chi connectivity index (χ1n) is 6.94. The second kappa shape index (κ2) is 7.04. The Morgan fingerprint density at radius 2 is 2.10 bits per heavy atom. The molecule has 0 aliphatic carbocycles. The van der Waals surface area contributed by atoms with E-state index >= 15 is 0 Å². The van der Waals surface area contributed by atoms with Crippen LogP contribution in [0.2, 0.25) is 0 Å². The summed E-state index contributed by atoms with van der Waals surface area (Å²) in [6.07, 6.45) is 0.948. The van der Waals surface area contributed by atoms with Crippen molar-refractivity contribution in [2.75, 3.05) is 0 Å². The molecule has 1 heterocycles. The van der Waals surface area contributed by atoms with Crippen LogP contribution in [-0.4, -0.2) is 19.9 Å². The van der Waals surface area contributed by atoms with Crippen LogP contribution in [0.1, 0.15) is 38.3 Å². The molecule has 114 valence electrons. The van der Waals surface area contributed by atoms with E-state index < -0.39 is 6.10 Å². The summed E-state index contributed by atoms with van der Waals surface area (Å²) in [4.78, 5) is 4.23. The Morgan fingerprint density at radius 3 is 2.76 bits per heavy atom. The molecule has 0 aliphatic rings. The number of hydrogen-bond donors (Lipinski definition) is 1. The number of nitrogens with zero attached hydrogens (tertiary/aromatic N) is 3. The molecule has 6 heteroatoms. The predicted molar refractivity (Wildman–Crippen MR) is 84.0 cm³/mol. The van der Waals surface area contributed by atoms with Gasteiger partial charge >= 0.3 is 0 Å². The zero-order valence-corrected chi connectivity index (χ0v) is 14.0. The van der Waals surface area contributed by atoms with Crippen LogP contribution in [0.15, 0.2) is 29.0 Å².